The lowest BCUT2D eigenvalue weighted by atomic mass is 10.2. The summed E-state index contributed by atoms with van der Waals surface area (Å²) in [5.41, 5.74) is 1.29. The standard InChI is InChI=1S/C13H11ClFN3O2S/c1-18-8-13(21(14,19)20)5-12(18)7-17-11-3-9(6-16)2-10(15)4-11/h2-5,8,17H,7H2,1H3. The van der Waals surface area contributed by atoms with Crippen molar-refractivity contribution < 1.29 is 12.8 Å². The van der Waals surface area contributed by atoms with Gasteiger partial charge in [-0.15, -0.1) is 0 Å². The van der Waals surface area contributed by atoms with Gasteiger partial charge in [0.1, 0.15) is 10.7 Å². The number of benzene rings is 1. The van der Waals surface area contributed by atoms with Crippen LogP contribution in [0.1, 0.15) is 11.3 Å². The molecule has 0 saturated carbocycles. The highest BCUT2D eigenvalue weighted by molar-refractivity contribution is 8.13. The van der Waals surface area contributed by atoms with Crippen molar-refractivity contribution >= 4 is 25.4 Å². The molecule has 8 heteroatoms. The summed E-state index contributed by atoms with van der Waals surface area (Å²) in [6, 6.07) is 7.18. The second-order valence-electron chi connectivity index (χ2n) is 4.41. The van der Waals surface area contributed by atoms with Crippen molar-refractivity contribution in [1.29, 1.82) is 5.26 Å². The second kappa shape index (κ2) is 5.76. The Labute approximate surface area is 126 Å². The Morgan fingerprint density at radius 1 is 1.38 bits per heavy atom. The normalized spacial score (nSPS) is 11.1. The lowest BCUT2D eigenvalue weighted by Gasteiger charge is -2.07. The van der Waals surface area contributed by atoms with Gasteiger partial charge in [-0.25, -0.2) is 12.8 Å². The van der Waals surface area contributed by atoms with Crippen molar-refractivity contribution in [2.75, 3.05) is 5.32 Å². The van der Waals surface area contributed by atoms with Crippen LogP contribution in [0.3, 0.4) is 0 Å². The number of hydrogen-bond donors (Lipinski definition) is 1. The van der Waals surface area contributed by atoms with E-state index in [9.17, 15) is 12.8 Å². The number of halogens is 2. The van der Waals surface area contributed by atoms with E-state index in [0.717, 1.165) is 6.07 Å². The molecule has 0 saturated heterocycles. The minimum absolute atomic E-state index is 0.000391. The molecule has 0 atom stereocenters. The van der Waals surface area contributed by atoms with Gasteiger partial charge >= 0.3 is 0 Å². The lowest BCUT2D eigenvalue weighted by molar-refractivity contribution is 0.609. The number of aromatic nitrogens is 1. The summed E-state index contributed by atoms with van der Waals surface area (Å²) >= 11 is 0. The predicted octanol–water partition coefficient (Wildman–Crippen LogP) is 2.58. The van der Waals surface area contributed by atoms with E-state index < -0.39 is 14.9 Å². The maximum absolute atomic E-state index is 13.3. The van der Waals surface area contributed by atoms with E-state index in [-0.39, 0.29) is 17.0 Å². The van der Waals surface area contributed by atoms with E-state index in [1.165, 1.54) is 24.4 Å². The van der Waals surface area contributed by atoms with E-state index in [0.29, 0.717) is 11.4 Å². The first-order valence-electron chi connectivity index (χ1n) is 5.84. The Hall–Kier alpha value is -2.04. The van der Waals surface area contributed by atoms with Gasteiger partial charge in [0, 0.05) is 35.3 Å². The van der Waals surface area contributed by atoms with Gasteiger partial charge in [-0.3, -0.25) is 0 Å². The van der Waals surface area contributed by atoms with E-state index in [1.54, 1.807) is 11.6 Å². The molecule has 21 heavy (non-hydrogen) atoms. The summed E-state index contributed by atoms with van der Waals surface area (Å²) in [6.45, 7) is 0.261. The summed E-state index contributed by atoms with van der Waals surface area (Å²) in [5, 5.41) is 11.7. The van der Waals surface area contributed by atoms with Gasteiger partial charge in [-0.05, 0) is 24.3 Å². The Morgan fingerprint density at radius 3 is 2.67 bits per heavy atom. The van der Waals surface area contributed by atoms with Crippen molar-refractivity contribution in [1.82, 2.24) is 4.57 Å². The van der Waals surface area contributed by atoms with Crippen molar-refractivity contribution in [2.45, 2.75) is 11.4 Å². The highest BCUT2D eigenvalue weighted by atomic mass is 35.7. The van der Waals surface area contributed by atoms with E-state index in [1.807, 2.05) is 6.07 Å². The van der Waals surface area contributed by atoms with Crippen LogP contribution in [0.2, 0.25) is 0 Å². The molecule has 0 spiro atoms. The molecule has 0 aliphatic carbocycles. The number of nitrogens with one attached hydrogen (secondary N) is 1. The maximum Gasteiger partial charge on any atom is 0.262 e. The minimum atomic E-state index is -3.78. The Kier molecular flexibility index (Phi) is 4.21. The van der Waals surface area contributed by atoms with Crippen molar-refractivity contribution in [3.05, 3.63) is 47.5 Å². The van der Waals surface area contributed by atoms with Crippen molar-refractivity contribution in [3.8, 4) is 6.07 Å². The lowest BCUT2D eigenvalue weighted by Crippen LogP contribution is -2.04. The summed E-state index contributed by atoms with van der Waals surface area (Å²) in [4.78, 5) is 0.000391. The number of rotatable bonds is 4. The smallest absolute Gasteiger partial charge is 0.262 e. The van der Waals surface area contributed by atoms with Gasteiger partial charge in [0.2, 0.25) is 0 Å². The zero-order valence-corrected chi connectivity index (χ0v) is 12.5. The zero-order chi connectivity index (χ0) is 15.6. The van der Waals surface area contributed by atoms with Crippen LogP contribution < -0.4 is 5.32 Å². The Balaban J connectivity index is 2.19. The van der Waals surface area contributed by atoms with Crippen LogP contribution in [0.4, 0.5) is 10.1 Å². The predicted molar refractivity (Wildman–Crippen MR) is 76.9 cm³/mol. The molecule has 1 aromatic heterocycles. The average molecular weight is 328 g/mol. The van der Waals surface area contributed by atoms with Crippen LogP contribution in [0.5, 0.6) is 0 Å². The third kappa shape index (κ3) is 3.74. The largest absolute Gasteiger partial charge is 0.379 e. The third-order valence-corrected chi connectivity index (χ3v) is 4.19. The summed E-state index contributed by atoms with van der Waals surface area (Å²) in [6.07, 6.45) is 1.39. The number of nitrogens with zero attached hydrogens (tertiary/aromatic N) is 2. The van der Waals surface area contributed by atoms with Gasteiger partial charge in [-0.1, -0.05) is 0 Å². The van der Waals surface area contributed by atoms with Gasteiger partial charge in [0.05, 0.1) is 18.2 Å². The molecule has 0 aliphatic heterocycles. The molecular formula is C13H11ClFN3O2S. The molecule has 0 unspecified atom stereocenters. The highest BCUT2D eigenvalue weighted by Gasteiger charge is 2.14. The molecule has 0 bridgehead atoms. The molecule has 0 amide bonds. The quantitative estimate of drug-likeness (QED) is 0.876. The summed E-state index contributed by atoms with van der Waals surface area (Å²) in [5.74, 6) is -0.521. The van der Waals surface area contributed by atoms with Gasteiger partial charge in [-0.2, -0.15) is 5.26 Å². The highest BCUT2D eigenvalue weighted by Crippen LogP contribution is 2.19. The SMILES string of the molecule is Cn1cc(S(=O)(=O)Cl)cc1CNc1cc(F)cc(C#N)c1. The molecule has 1 aromatic carbocycles. The van der Waals surface area contributed by atoms with Crippen molar-refractivity contribution in [3.63, 3.8) is 0 Å². The minimum Gasteiger partial charge on any atom is -0.379 e. The molecule has 2 aromatic rings. The van der Waals surface area contributed by atoms with Crippen LogP contribution in [-0.4, -0.2) is 13.0 Å². The number of nitriles is 1. The Bertz CT molecular complexity index is 824. The van der Waals surface area contributed by atoms with Crippen LogP contribution in [0, 0.1) is 17.1 Å². The summed E-state index contributed by atoms with van der Waals surface area (Å²) in [7, 11) is 3.17. The average Bonchev–Trinajstić information content (AvgIpc) is 2.77. The molecule has 0 radical (unpaired) electrons. The van der Waals surface area contributed by atoms with Gasteiger partial charge in [0.15, 0.2) is 0 Å². The first-order chi connectivity index (χ1) is 9.79. The van der Waals surface area contributed by atoms with Gasteiger partial charge < -0.3 is 9.88 Å². The molecule has 0 aliphatic rings. The zero-order valence-electron chi connectivity index (χ0n) is 11.0. The molecular weight excluding hydrogens is 317 g/mol. The number of anilines is 1. The number of aryl methyl sites for hydroxylation is 1. The van der Waals surface area contributed by atoms with Gasteiger partial charge in [0.25, 0.3) is 9.05 Å². The number of hydrogen-bond acceptors (Lipinski definition) is 4. The van der Waals surface area contributed by atoms with Crippen LogP contribution >= 0.6 is 10.7 Å². The van der Waals surface area contributed by atoms with Crippen LogP contribution in [0.15, 0.2) is 35.4 Å². The fourth-order valence-electron chi connectivity index (χ4n) is 1.84. The monoisotopic (exact) mass is 327 g/mol. The second-order valence-corrected chi connectivity index (χ2v) is 6.98. The third-order valence-electron chi connectivity index (χ3n) is 2.86. The van der Waals surface area contributed by atoms with E-state index in [2.05, 4.69) is 5.32 Å². The summed E-state index contributed by atoms with van der Waals surface area (Å²) < 4.78 is 37.4. The van der Waals surface area contributed by atoms with Crippen LogP contribution in [-0.2, 0) is 22.6 Å². The molecule has 2 rings (SSSR count). The Morgan fingerprint density at radius 2 is 2.10 bits per heavy atom. The first-order valence-corrected chi connectivity index (χ1v) is 8.15. The van der Waals surface area contributed by atoms with Crippen molar-refractivity contribution in [2.24, 2.45) is 7.05 Å². The molecule has 5 nitrogen and oxygen atoms in total. The van der Waals surface area contributed by atoms with E-state index >= 15 is 0 Å². The molecule has 1 N–H and O–H groups in total. The molecule has 110 valence electrons. The topological polar surface area (TPSA) is 74.9 Å². The molecule has 0 fully saturated rings. The fraction of sp³-hybridized carbons (Fsp3) is 0.154. The first kappa shape index (κ1) is 15.4. The fourth-order valence-corrected chi connectivity index (χ4v) is 2.65. The van der Waals surface area contributed by atoms with E-state index in [4.69, 9.17) is 15.9 Å². The maximum atomic E-state index is 13.3. The van der Waals surface area contributed by atoms with Crippen LogP contribution in [0.25, 0.3) is 0 Å². The molecule has 1 heterocycles.